The highest BCUT2D eigenvalue weighted by molar-refractivity contribution is 5.95. The normalized spacial score (nSPS) is 10.5. The van der Waals surface area contributed by atoms with Crippen LogP contribution in [0.5, 0.6) is 17.2 Å². The highest BCUT2D eigenvalue weighted by Gasteiger charge is 2.05. The van der Waals surface area contributed by atoms with E-state index in [4.69, 9.17) is 9.47 Å². The summed E-state index contributed by atoms with van der Waals surface area (Å²) in [6.45, 7) is 0. The van der Waals surface area contributed by atoms with Gasteiger partial charge in [0.25, 0.3) is 5.91 Å². The number of nitrogens with one attached hydrogen (secondary N) is 1. The van der Waals surface area contributed by atoms with Crippen molar-refractivity contribution in [2.45, 2.75) is 0 Å². The van der Waals surface area contributed by atoms with Crippen LogP contribution in [-0.4, -0.2) is 31.4 Å². The fourth-order valence-corrected chi connectivity index (χ4v) is 1.78. The summed E-state index contributed by atoms with van der Waals surface area (Å²) >= 11 is 0. The summed E-state index contributed by atoms with van der Waals surface area (Å²) in [5.74, 6) is 0.618. The molecule has 6 heteroatoms. The summed E-state index contributed by atoms with van der Waals surface area (Å²) < 4.78 is 10.0. The van der Waals surface area contributed by atoms with Gasteiger partial charge in [0.15, 0.2) is 11.5 Å². The first kappa shape index (κ1) is 15.4. The number of benzene rings is 2. The number of hydrogen-bond acceptors (Lipinski definition) is 5. The van der Waals surface area contributed by atoms with E-state index in [0.29, 0.717) is 22.6 Å². The molecule has 2 aromatic carbocycles. The zero-order chi connectivity index (χ0) is 15.9. The maximum Gasteiger partial charge on any atom is 0.271 e. The van der Waals surface area contributed by atoms with E-state index in [1.807, 2.05) is 0 Å². The predicted octanol–water partition coefficient (Wildman–Crippen LogP) is 2.17. The van der Waals surface area contributed by atoms with Crippen LogP contribution in [0.1, 0.15) is 15.9 Å². The number of ether oxygens (including phenoxy) is 2. The molecule has 2 N–H and O–H groups in total. The number of hydrogen-bond donors (Lipinski definition) is 2. The Balaban J connectivity index is 2.02. The summed E-state index contributed by atoms with van der Waals surface area (Å²) in [5, 5.41) is 13.5. The minimum atomic E-state index is -0.354. The van der Waals surface area contributed by atoms with Crippen molar-refractivity contribution in [1.29, 1.82) is 0 Å². The van der Waals surface area contributed by atoms with Gasteiger partial charge in [-0.05, 0) is 42.0 Å². The van der Waals surface area contributed by atoms with Crippen molar-refractivity contribution in [3.05, 3.63) is 53.6 Å². The Morgan fingerprint density at radius 1 is 1.18 bits per heavy atom. The van der Waals surface area contributed by atoms with Crippen LogP contribution >= 0.6 is 0 Å². The van der Waals surface area contributed by atoms with Crippen LogP contribution in [0.3, 0.4) is 0 Å². The summed E-state index contributed by atoms with van der Waals surface area (Å²) in [4.78, 5) is 11.9. The number of phenols is 1. The van der Waals surface area contributed by atoms with Crippen LogP contribution in [0.2, 0.25) is 0 Å². The molecule has 0 aliphatic rings. The molecule has 1 amide bonds. The van der Waals surface area contributed by atoms with Gasteiger partial charge in [-0.3, -0.25) is 4.79 Å². The lowest BCUT2D eigenvalue weighted by molar-refractivity contribution is 0.0955. The molecule has 0 unspecified atom stereocenters. The van der Waals surface area contributed by atoms with Crippen LogP contribution in [0, 0.1) is 0 Å². The van der Waals surface area contributed by atoms with E-state index in [1.165, 1.54) is 26.5 Å². The number of hydrazone groups is 1. The third kappa shape index (κ3) is 3.76. The SMILES string of the molecule is COc1cccc(C(=O)NN=Cc2ccc(OC)c(O)c2)c1. The average molecular weight is 300 g/mol. The Morgan fingerprint density at radius 2 is 2.00 bits per heavy atom. The molecular weight excluding hydrogens is 284 g/mol. The largest absolute Gasteiger partial charge is 0.504 e. The van der Waals surface area contributed by atoms with E-state index in [0.717, 1.165) is 0 Å². The Hall–Kier alpha value is -3.02. The van der Waals surface area contributed by atoms with Crippen molar-refractivity contribution in [1.82, 2.24) is 5.43 Å². The van der Waals surface area contributed by atoms with Gasteiger partial charge in [-0.15, -0.1) is 0 Å². The van der Waals surface area contributed by atoms with Crippen LogP contribution < -0.4 is 14.9 Å². The maximum absolute atomic E-state index is 11.9. The van der Waals surface area contributed by atoms with Gasteiger partial charge < -0.3 is 14.6 Å². The molecule has 0 atom stereocenters. The highest BCUT2D eigenvalue weighted by atomic mass is 16.5. The Labute approximate surface area is 128 Å². The van der Waals surface area contributed by atoms with Gasteiger partial charge in [0.1, 0.15) is 5.75 Å². The van der Waals surface area contributed by atoms with Crippen LogP contribution in [0.25, 0.3) is 0 Å². The molecule has 6 nitrogen and oxygen atoms in total. The van der Waals surface area contributed by atoms with Crippen LogP contribution in [0.4, 0.5) is 0 Å². The first-order valence-corrected chi connectivity index (χ1v) is 6.48. The van der Waals surface area contributed by atoms with Crippen molar-refractivity contribution in [3.8, 4) is 17.2 Å². The standard InChI is InChI=1S/C16H16N2O4/c1-21-13-5-3-4-12(9-13)16(20)18-17-10-11-6-7-15(22-2)14(19)8-11/h3-10,19H,1-2H3,(H,18,20). The number of carbonyl (C=O) groups excluding carboxylic acids is 1. The predicted molar refractivity (Wildman–Crippen MR) is 82.7 cm³/mol. The second-order valence-corrected chi connectivity index (χ2v) is 4.36. The second kappa shape index (κ2) is 7.12. The summed E-state index contributed by atoms with van der Waals surface area (Å²) in [6.07, 6.45) is 1.43. The molecule has 0 heterocycles. The van der Waals surface area contributed by atoms with Gasteiger partial charge in [-0.1, -0.05) is 6.07 Å². The molecule has 0 spiro atoms. The van der Waals surface area contributed by atoms with Crippen LogP contribution in [-0.2, 0) is 0 Å². The molecule has 0 fully saturated rings. The van der Waals surface area contributed by atoms with E-state index in [1.54, 1.807) is 36.4 Å². The number of rotatable bonds is 5. The minimum Gasteiger partial charge on any atom is -0.504 e. The molecule has 0 saturated heterocycles. The highest BCUT2D eigenvalue weighted by Crippen LogP contribution is 2.25. The number of aromatic hydroxyl groups is 1. The smallest absolute Gasteiger partial charge is 0.271 e. The third-order valence-corrected chi connectivity index (χ3v) is 2.91. The Morgan fingerprint density at radius 3 is 2.68 bits per heavy atom. The average Bonchev–Trinajstić information content (AvgIpc) is 2.55. The fourth-order valence-electron chi connectivity index (χ4n) is 1.78. The number of carbonyl (C=O) groups is 1. The number of amides is 1. The monoisotopic (exact) mass is 300 g/mol. The topological polar surface area (TPSA) is 80.2 Å². The molecule has 22 heavy (non-hydrogen) atoms. The molecule has 0 saturated carbocycles. The van der Waals surface area contributed by atoms with E-state index in [-0.39, 0.29) is 11.7 Å². The summed E-state index contributed by atoms with van der Waals surface area (Å²) in [5.41, 5.74) is 3.48. The Bertz CT molecular complexity index is 698. The number of methoxy groups -OCH3 is 2. The number of phenolic OH excluding ortho intramolecular Hbond substituents is 1. The quantitative estimate of drug-likeness (QED) is 0.655. The lowest BCUT2D eigenvalue weighted by atomic mass is 10.2. The zero-order valence-electron chi connectivity index (χ0n) is 12.2. The molecule has 2 rings (SSSR count). The fraction of sp³-hybridized carbons (Fsp3) is 0.125. The van der Waals surface area contributed by atoms with Gasteiger partial charge >= 0.3 is 0 Å². The molecular formula is C16H16N2O4. The van der Waals surface area contributed by atoms with E-state index in [2.05, 4.69) is 10.5 Å². The molecule has 2 aromatic rings. The van der Waals surface area contributed by atoms with Crippen molar-refractivity contribution >= 4 is 12.1 Å². The molecule has 0 aliphatic carbocycles. The van der Waals surface area contributed by atoms with E-state index in [9.17, 15) is 9.90 Å². The van der Waals surface area contributed by atoms with Crippen molar-refractivity contribution < 1.29 is 19.4 Å². The van der Waals surface area contributed by atoms with Gasteiger partial charge in [0, 0.05) is 5.56 Å². The maximum atomic E-state index is 11.9. The first-order valence-electron chi connectivity index (χ1n) is 6.48. The molecule has 0 radical (unpaired) electrons. The zero-order valence-corrected chi connectivity index (χ0v) is 12.2. The Kier molecular flexibility index (Phi) is 4.98. The minimum absolute atomic E-state index is 0.00516. The van der Waals surface area contributed by atoms with Crippen molar-refractivity contribution in [2.24, 2.45) is 5.10 Å². The molecule has 0 aliphatic heterocycles. The lowest BCUT2D eigenvalue weighted by Crippen LogP contribution is -2.17. The lowest BCUT2D eigenvalue weighted by Gasteiger charge is -2.04. The third-order valence-electron chi connectivity index (χ3n) is 2.91. The first-order chi connectivity index (χ1) is 10.6. The number of nitrogens with zero attached hydrogens (tertiary/aromatic N) is 1. The molecule has 0 bridgehead atoms. The van der Waals surface area contributed by atoms with E-state index >= 15 is 0 Å². The second-order valence-electron chi connectivity index (χ2n) is 4.36. The summed E-state index contributed by atoms with van der Waals surface area (Å²) in [6, 6.07) is 11.6. The van der Waals surface area contributed by atoms with Crippen molar-refractivity contribution in [2.75, 3.05) is 14.2 Å². The molecule has 114 valence electrons. The summed E-state index contributed by atoms with van der Waals surface area (Å²) in [7, 11) is 3.00. The van der Waals surface area contributed by atoms with Gasteiger partial charge in [-0.2, -0.15) is 5.10 Å². The van der Waals surface area contributed by atoms with Crippen LogP contribution in [0.15, 0.2) is 47.6 Å². The van der Waals surface area contributed by atoms with Gasteiger partial charge in [0.2, 0.25) is 0 Å². The molecule has 0 aromatic heterocycles. The van der Waals surface area contributed by atoms with Gasteiger partial charge in [-0.25, -0.2) is 5.43 Å². The van der Waals surface area contributed by atoms with Crippen molar-refractivity contribution in [3.63, 3.8) is 0 Å². The van der Waals surface area contributed by atoms with Gasteiger partial charge in [0.05, 0.1) is 20.4 Å². The van der Waals surface area contributed by atoms with E-state index < -0.39 is 0 Å².